The number of hydrogen-bond donors (Lipinski definition) is 1. The van der Waals surface area contributed by atoms with Crippen LogP contribution >= 0.6 is 0 Å². The Balaban J connectivity index is 2.79. The van der Waals surface area contributed by atoms with E-state index in [1.54, 1.807) is 12.1 Å². The number of rotatable bonds is 1. The normalized spacial score (nSPS) is 10.9. The molecule has 1 aromatic carbocycles. The van der Waals surface area contributed by atoms with E-state index >= 15 is 0 Å². The Bertz CT molecular complexity index is 445. The van der Waals surface area contributed by atoms with Gasteiger partial charge in [0, 0.05) is 12.6 Å². The molecule has 13 heavy (non-hydrogen) atoms. The zero-order valence-corrected chi connectivity index (χ0v) is 7.78. The lowest BCUT2D eigenvalue weighted by Gasteiger charge is -2.00. The van der Waals surface area contributed by atoms with Crippen LogP contribution in [0.25, 0.3) is 11.0 Å². The average molecular weight is 176 g/mol. The molecule has 1 heterocycles. The van der Waals surface area contributed by atoms with Crippen LogP contribution in [0.1, 0.15) is 12.7 Å². The average Bonchev–Trinajstić information content (AvgIpc) is 2.39. The van der Waals surface area contributed by atoms with Crippen LogP contribution in [0.4, 0.5) is 0 Å². The van der Waals surface area contributed by atoms with Gasteiger partial charge in [0.1, 0.15) is 11.6 Å². The van der Waals surface area contributed by atoms with Crippen molar-refractivity contribution in [1.82, 2.24) is 9.55 Å². The minimum absolute atomic E-state index is 0.272. The number of phenolic OH excluding ortho intramolecular Hbond substituents is 1. The second kappa shape index (κ2) is 2.76. The van der Waals surface area contributed by atoms with E-state index in [1.807, 2.05) is 13.0 Å². The lowest BCUT2D eigenvalue weighted by molar-refractivity contribution is 0.476. The van der Waals surface area contributed by atoms with Crippen molar-refractivity contribution in [2.75, 3.05) is 0 Å². The number of imidazole rings is 1. The van der Waals surface area contributed by atoms with Gasteiger partial charge in [0.15, 0.2) is 0 Å². The standard InChI is InChI=1S/C10H12N2O/c1-3-12-7(2)11-9-6-8(13)4-5-10(9)12/h4-6,13H,3H2,1-2H3. The summed E-state index contributed by atoms with van der Waals surface area (Å²) in [4.78, 5) is 4.35. The third kappa shape index (κ3) is 1.16. The second-order valence-corrected chi connectivity index (χ2v) is 3.08. The Kier molecular flexibility index (Phi) is 1.72. The van der Waals surface area contributed by atoms with Crippen LogP contribution in [0.5, 0.6) is 5.75 Å². The molecule has 3 nitrogen and oxygen atoms in total. The van der Waals surface area contributed by atoms with Gasteiger partial charge < -0.3 is 9.67 Å². The molecule has 0 aliphatic heterocycles. The summed E-state index contributed by atoms with van der Waals surface area (Å²) in [6, 6.07) is 5.28. The quantitative estimate of drug-likeness (QED) is 0.722. The van der Waals surface area contributed by atoms with Crippen LogP contribution in [0.15, 0.2) is 18.2 Å². The van der Waals surface area contributed by atoms with E-state index in [0.29, 0.717) is 0 Å². The Morgan fingerprint density at radius 3 is 2.92 bits per heavy atom. The number of nitrogens with zero attached hydrogens (tertiary/aromatic N) is 2. The summed E-state index contributed by atoms with van der Waals surface area (Å²) < 4.78 is 2.12. The summed E-state index contributed by atoms with van der Waals surface area (Å²) in [6.45, 7) is 4.97. The number of benzene rings is 1. The lowest BCUT2D eigenvalue weighted by Crippen LogP contribution is -1.95. The highest BCUT2D eigenvalue weighted by atomic mass is 16.3. The fourth-order valence-electron chi connectivity index (χ4n) is 1.64. The minimum atomic E-state index is 0.272. The van der Waals surface area contributed by atoms with Crippen LogP contribution < -0.4 is 0 Å². The van der Waals surface area contributed by atoms with Gasteiger partial charge >= 0.3 is 0 Å². The number of fused-ring (bicyclic) bond motifs is 1. The molecular formula is C10H12N2O. The molecule has 0 fully saturated rings. The van der Waals surface area contributed by atoms with E-state index in [0.717, 1.165) is 23.4 Å². The number of aryl methyl sites for hydroxylation is 2. The van der Waals surface area contributed by atoms with Gasteiger partial charge in [0.25, 0.3) is 0 Å². The number of phenols is 1. The van der Waals surface area contributed by atoms with Crippen molar-refractivity contribution >= 4 is 11.0 Å². The highest BCUT2D eigenvalue weighted by molar-refractivity contribution is 5.77. The fraction of sp³-hybridized carbons (Fsp3) is 0.300. The summed E-state index contributed by atoms with van der Waals surface area (Å²) in [5.74, 6) is 1.26. The molecule has 0 saturated heterocycles. The zero-order chi connectivity index (χ0) is 9.42. The first-order valence-corrected chi connectivity index (χ1v) is 4.38. The predicted octanol–water partition coefficient (Wildman–Crippen LogP) is 2.07. The van der Waals surface area contributed by atoms with E-state index in [4.69, 9.17) is 0 Å². The highest BCUT2D eigenvalue weighted by Gasteiger charge is 2.05. The number of hydrogen-bond acceptors (Lipinski definition) is 2. The van der Waals surface area contributed by atoms with E-state index in [1.165, 1.54) is 0 Å². The van der Waals surface area contributed by atoms with Crippen molar-refractivity contribution in [3.8, 4) is 5.75 Å². The summed E-state index contributed by atoms with van der Waals surface area (Å²) in [5, 5.41) is 9.25. The number of aromatic nitrogens is 2. The minimum Gasteiger partial charge on any atom is -0.508 e. The van der Waals surface area contributed by atoms with E-state index in [-0.39, 0.29) is 5.75 Å². The molecule has 2 aromatic rings. The van der Waals surface area contributed by atoms with Crippen LogP contribution in [-0.4, -0.2) is 14.7 Å². The predicted molar refractivity (Wildman–Crippen MR) is 51.8 cm³/mol. The molecule has 0 saturated carbocycles. The molecule has 0 aliphatic carbocycles. The van der Waals surface area contributed by atoms with Crippen molar-refractivity contribution in [2.45, 2.75) is 20.4 Å². The monoisotopic (exact) mass is 176 g/mol. The van der Waals surface area contributed by atoms with Crippen LogP contribution in [-0.2, 0) is 6.54 Å². The maximum atomic E-state index is 9.25. The van der Waals surface area contributed by atoms with E-state index in [9.17, 15) is 5.11 Å². The molecule has 1 aromatic heterocycles. The molecule has 68 valence electrons. The van der Waals surface area contributed by atoms with E-state index in [2.05, 4.69) is 16.5 Å². The van der Waals surface area contributed by atoms with Gasteiger partial charge in [0.2, 0.25) is 0 Å². The third-order valence-corrected chi connectivity index (χ3v) is 2.24. The fourth-order valence-corrected chi connectivity index (χ4v) is 1.64. The molecular weight excluding hydrogens is 164 g/mol. The molecule has 0 spiro atoms. The molecule has 0 unspecified atom stereocenters. The molecule has 0 atom stereocenters. The maximum Gasteiger partial charge on any atom is 0.117 e. The summed E-state index contributed by atoms with van der Waals surface area (Å²) in [5.41, 5.74) is 1.94. The summed E-state index contributed by atoms with van der Waals surface area (Å²) in [7, 11) is 0. The molecule has 0 bridgehead atoms. The van der Waals surface area contributed by atoms with Gasteiger partial charge in [-0.15, -0.1) is 0 Å². The van der Waals surface area contributed by atoms with Gasteiger partial charge in [-0.3, -0.25) is 0 Å². The first kappa shape index (κ1) is 8.10. The summed E-state index contributed by atoms with van der Waals surface area (Å²) in [6.07, 6.45) is 0. The molecule has 0 amide bonds. The zero-order valence-electron chi connectivity index (χ0n) is 7.78. The highest BCUT2D eigenvalue weighted by Crippen LogP contribution is 2.20. The Morgan fingerprint density at radius 2 is 2.23 bits per heavy atom. The van der Waals surface area contributed by atoms with Gasteiger partial charge in [-0.25, -0.2) is 4.98 Å². The van der Waals surface area contributed by atoms with Crippen molar-refractivity contribution in [3.63, 3.8) is 0 Å². The summed E-state index contributed by atoms with van der Waals surface area (Å²) >= 11 is 0. The Labute approximate surface area is 76.6 Å². The van der Waals surface area contributed by atoms with Crippen molar-refractivity contribution < 1.29 is 5.11 Å². The van der Waals surface area contributed by atoms with Crippen LogP contribution in [0.2, 0.25) is 0 Å². The smallest absolute Gasteiger partial charge is 0.117 e. The Hall–Kier alpha value is -1.51. The Morgan fingerprint density at radius 1 is 1.46 bits per heavy atom. The van der Waals surface area contributed by atoms with Crippen LogP contribution in [0.3, 0.4) is 0 Å². The van der Waals surface area contributed by atoms with Crippen molar-refractivity contribution in [2.24, 2.45) is 0 Å². The third-order valence-electron chi connectivity index (χ3n) is 2.24. The van der Waals surface area contributed by atoms with Crippen molar-refractivity contribution in [1.29, 1.82) is 0 Å². The van der Waals surface area contributed by atoms with E-state index < -0.39 is 0 Å². The molecule has 0 aliphatic rings. The molecule has 1 N–H and O–H groups in total. The molecule has 3 heteroatoms. The van der Waals surface area contributed by atoms with Gasteiger partial charge in [-0.1, -0.05) is 0 Å². The first-order chi connectivity index (χ1) is 6.22. The molecule has 0 radical (unpaired) electrons. The maximum absolute atomic E-state index is 9.25. The van der Waals surface area contributed by atoms with Crippen molar-refractivity contribution in [3.05, 3.63) is 24.0 Å². The number of aromatic hydroxyl groups is 1. The lowest BCUT2D eigenvalue weighted by atomic mass is 10.3. The van der Waals surface area contributed by atoms with Gasteiger partial charge in [-0.2, -0.15) is 0 Å². The van der Waals surface area contributed by atoms with Gasteiger partial charge in [-0.05, 0) is 26.0 Å². The van der Waals surface area contributed by atoms with Gasteiger partial charge in [0.05, 0.1) is 11.0 Å². The van der Waals surface area contributed by atoms with Crippen LogP contribution in [0, 0.1) is 6.92 Å². The second-order valence-electron chi connectivity index (χ2n) is 3.08. The first-order valence-electron chi connectivity index (χ1n) is 4.38. The SMILES string of the molecule is CCn1c(C)nc2cc(O)ccc21. The largest absolute Gasteiger partial charge is 0.508 e. The topological polar surface area (TPSA) is 38.0 Å². The molecule has 2 rings (SSSR count).